The van der Waals surface area contributed by atoms with Crippen LogP contribution in [0.2, 0.25) is 0 Å². The van der Waals surface area contributed by atoms with Gasteiger partial charge in [-0.1, -0.05) is 6.07 Å². The molecule has 164 valence electrons. The molecule has 9 nitrogen and oxygen atoms in total. The van der Waals surface area contributed by atoms with Gasteiger partial charge in [0, 0.05) is 49.2 Å². The Kier molecular flexibility index (Phi) is 5.32. The van der Waals surface area contributed by atoms with Crippen LogP contribution in [0.15, 0.2) is 49.1 Å². The van der Waals surface area contributed by atoms with Gasteiger partial charge in [-0.05, 0) is 37.6 Å². The Hall–Kier alpha value is -3.72. The van der Waals surface area contributed by atoms with Crippen molar-refractivity contribution in [3.05, 3.63) is 54.7 Å². The van der Waals surface area contributed by atoms with Gasteiger partial charge in [0.2, 0.25) is 5.88 Å². The highest BCUT2D eigenvalue weighted by atomic mass is 16.3. The predicted molar refractivity (Wildman–Crippen MR) is 125 cm³/mol. The zero-order chi connectivity index (χ0) is 22.1. The number of anilines is 2. The molecule has 1 saturated heterocycles. The number of H-pyrrole nitrogens is 1. The summed E-state index contributed by atoms with van der Waals surface area (Å²) in [6.07, 6.45) is 4.97. The maximum absolute atomic E-state index is 9.79. The molecule has 0 radical (unpaired) electrons. The second-order valence-electron chi connectivity index (χ2n) is 8.27. The minimum absolute atomic E-state index is 0.0271. The van der Waals surface area contributed by atoms with Crippen molar-refractivity contribution in [3.8, 4) is 17.0 Å². The molecule has 0 bridgehead atoms. The van der Waals surface area contributed by atoms with Gasteiger partial charge in [0.15, 0.2) is 0 Å². The fourth-order valence-corrected chi connectivity index (χ4v) is 4.34. The van der Waals surface area contributed by atoms with E-state index in [1.165, 1.54) is 6.33 Å². The molecule has 0 aliphatic carbocycles. The molecule has 5 heterocycles. The average Bonchev–Trinajstić information content (AvgIpc) is 3.22. The first-order valence-corrected chi connectivity index (χ1v) is 10.7. The second-order valence-corrected chi connectivity index (χ2v) is 8.27. The molecule has 1 aliphatic rings. The summed E-state index contributed by atoms with van der Waals surface area (Å²) in [4.78, 5) is 23.1. The van der Waals surface area contributed by atoms with Gasteiger partial charge < -0.3 is 25.6 Å². The number of aromatic amines is 1. The number of nitrogens with zero attached hydrogens (tertiary/aromatic N) is 5. The average molecular weight is 431 g/mol. The van der Waals surface area contributed by atoms with E-state index in [-0.39, 0.29) is 5.88 Å². The Morgan fingerprint density at radius 3 is 2.78 bits per heavy atom. The van der Waals surface area contributed by atoms with Crippen LogP contribution in [0.25, 0.3) is 22.2 Å². The topological polar surface area (TPSA) is 115 Å². The predicted octanol–water partition coefficient (Wildman–Crippen LogP) is 2.92. The van der Waals surface area contributed by atoms with Gasteiger partial charge in [0.25, 0.3) is 0 Å². The zero-order valence-electron chi connectivity index (χ0n) is 18.1. The number of hydrogen-bond acceptors (Lipinski definition) is 8. The highest BCUT2D eigenvalue weighted by Crippen LogP contribution is 2.32. The van der Waals surface area contributed by atoms with E-state index in [0.29, 0.717) is 24.4 Å². The summed E-state index contributed by atoms with van der Waals surface area (Å²) in [6, 6.07) is 10.5. The third-order valence-electron chi connectivity index (χ3n) is 5.64. The number of fused-ring (bicyclic) bond motifs is 1. The number of aromatic hydroxyl groups is 1. The van der Waals surface area contributed by atoms with Crippen LogP contribution in [0.1, 0.15) is 19.5 Å². The largest absolute Gasteiger partial charge is 0.493 e. The van der Waals surface area contributed by atoms with Gasteiger partial charge in [-0.3, -0.25) is 0 Å². The molecule has 32 heavy (non-hydrogen) atoms. The molecule has 2 atom stereocenters. The Morgan fingerprint density at radius 1 is 1.12 bits per heavy atom. The number of aromatic nitrogens is 5. The highest BCUT2D eigenvalue weighted by Gasteiger charge is 2.22. The fourth-order valence-electron chi connectivity index (χ4n) is 4.34. The first kappa shape index (κ1) is 20.2. The summed E-state index contributed by atoms with van der Waals surface area (Å²) >= 11 is 0. The van der Waals surface area contributed by atoms with E-state index in [1.807, 2.05) is 24.4 Å². The molecule has 1 aliphatic heterocycles. The molecular formula is C23H26N8O. The van der Waals surface area contributed by atoms with Crippen molar-refractivity contribution in [2.75, 3.05) is 23.3 Å². The first-order valence-electron chi connectivity index (χ1n) is 10.7. The summed E-state index contributed by atoms with van der Waals surface area (Å²) in [5.74, 6) is 1.67. The van der Waals surface area contributed by atoms with Crippen molar-refractivity contribution >= 4 is 22.7 Å². The molecule has 0 spiro atoms. The van der Waals surface area contributed by atoms with Gasteiger partial charge >= 0.3 is 0 Å². The molecule has 9 heteroatoms. The lowest BCUT2D eigenvalue weighted by molar-refractivity contribution is 0.405. The molecule has 0 amide bonds. The van der Waals surface area contributed by atoms with E-state index >= 15 is 0 Å². The van der Waals surface area contributed by atoms with Crippen LogP contribution in [0.4, 0.5) is 11.6 Å². The fraction of sp³-hybridized carbons (Fsp3) is 0.304. The van der Waals surface area contributed by atoms with Crippen LogP contribution in [0.5, 0.6) is 5.88 Å². The van der Waals surface area contributed by atoms with Crippen molar-refractivity contribution in [2.24, 2.45) is 0 Å². The molecule has 0 aromatic carbocycles. The number of hydrogen-bond donors (Lipinski definition) is 4. The SMILES string of the molecule is C[C@@H]1CN(c2cccc(CNc3ncnc4[nH]cc(-c5ccnc(O)c5)c34)n2)C[C@H](C)N1. The first-order chi connectivity index (χ1) is 15.6. The molecular weight excluding hydrogens is 404 g/mol. The monoisotopic (exact) mass is 430 g/mol. The summed E-state index contributed by atoms with van der Waals surface area (Å²) in [5.41, 5.74) is 3.39. The minimum Gasteiger partial charge on any atom is -0.493 e. The maximum atomic E-state index is 9.79. The second kappa shape index (κ2) is 8.43. The van der Waals surface area contributed by atoms with E-state index in [2.05, 4.69) is 55.4 Å². The van der Waals surface area contributed by atoms with Crippen molar-refractivity contribution < 1.29 is 5.11 Å². The summed E-state index contributed by atoms with van der Waals surface area (Å²) in [5, 5.41) is 17.6. The zero-order valence-corrected chi connectivity index (χ0v) is 18.1. The van der Waals surface area contributed by atoms with Crippen molar-refractivity contribution in [1.29, 1.82) is 0 Å². The number of piperazine rings is 1. The molecule has 4 aromatic rings. The molecule has 4 aromatic heterocycles. The lowest BCUT2D eigenvalue weighted by Crippen LogP contribution is -2.54. The van der Waals surface area contributed by atoms with Crippen LogP contribution in [-0.2, 0) is 6.54 Å². The normalized spacial score (nSPS) is 18.8. The van der Waals surface area contributed by atoms with E-state index in [4.69, 9.17) is 4.98 Å². The van der Waals surface area contributed by atoms with Crippen molar-refractivity contribution in [1.82, 2.24) is 30.2 Å². The molecule has 0 unspecified atom stereocenters. The third kappa shape index (κ3) is 4.06. The van der Waals surface area contributed by atoms with Gasteiger partial charge in [0.1, 0.15) is 23.6 Å². The Morgan fingerprint density at radius 2 is 1.97 bits per heavy atom. The van der Waals surface area contributed by atoms with Gasteiger partial charge in [-0.15, -0.1) is 0 Å². The van der Waals surface area contributed by atoms with Crippen LogP contribution >= 0.6 is 0 Å². The summed E-state index contributed by atoms with van der Waals surface area (Å²) in [6.45, 7) is 6.80. The summed E-state index contributed by atoms with van der Waals surface area (Å²) < 4.78 is 0. The lowest BCUT2D eigenvalue weighted by Gasteiger charge is -2.37. The minimum atomic E-state index is -0.0271. The number of nitrogens with one attached hydrogen (secondary N) is 3. The maximum Gasteiger partial charge on any atom is 0.211 e. The molecule has 1 fully saturated rings. The van der Waals surface area contributed by atoms with Crippen LogP contribution < -0.4 is 15.5 Å². The van der Waals surface area contributed by atoms with Gasteiger partial charge in [-0.2, -0.15) is 0 Å². The Labute approximate surface area is 186 Å². The lowest BCUT2D eigenvalue weighted by atomic mass is 10.1. The van der Waals surface area contributed by atoms with E-state index in [9.17, 15) is 5.11 Å². The summed E-state index contributed by atoms with van der Waals surface area (Å²) in [7, 11) is 0. The smallest absolute Gasteiger partial charge is 0.211 e. The Bertz CT molecular complexity index is 1230. The van der Waals surface area contributed by atoms with Crippen LogP contribution in [0.3, 0.4) is 0 Å². The third-order valence-corrected chi connectivity index (χ3v) is 5.64. The van der Waals surface area contributed by atoms with E-state index in [1.54, 1.807) is 12.3 Å². The van der Waals surface area contributed by atoms with Crippen molar-refractivity contribution in [2.45, 2.75) is 32.5 Å². The van der Waals surface area contributed by atoms with Crippen LogP contribution in [-0.4, -0.2) is 55.2 Å². The standard InChI is InChI=1S/C23H26N8O/c1-14-11-31(12-15(2)29-14)19-5-3-4-17(30-19)9-25-22-21-18(10-26-23(21)28-13-27-22)16-6-7-24-20(32)8-16/h3-8,10,13-15,29H,9,11-12H2,1-2H3,(H,24,32)(H2,25,26,27,28)/t14-,15+. The van der Waals surface area contributed by atoms with Gasteiger partial charge in [-0.25, -0.2) is 19.9 Å². The van der Waals surface area contributed by atoms with Crippen LogP contribution in [0, 0.1) is 0 Å². The van der Waals surface area contributed by atoms with Gasteiger partial charge in [0.05, 0.1) is 17.6 Å². The Balaban J connectivity index is 1.40. The quantitative estimate of drug-likeness (QED) is 0.382. The van der Waals surface area contributed by atoms with Crippen molar-refractivity contribution in [3.63, 3.8) is 0 Å². The molecule has 5 rings (SSSR count). The van der Waals surface area contributed by atoms with E-state index < -0.39 is 0 Å². The highest BCUT2D eigenvalue weighted by molar-refractivity contribution is 6.00. The molecule has 4 N–H and O–H groups in total. The molecule has 0 saturated carbocycles. The number of rotatable bonds is 5. The van der Waals surface area contributed by atoms with E-state index in [0.717, 1.165) is 46.8 Å². The number of pyridine rings is 2.